The second kappa shape index (κ2) is 7.49. The van der Waals surface area contributed by atoms with Crippen molar-refractivity contribution in [3.63, 3.8) is 0 Å². The monoisotopic (exact) mass is 485 g/mol. The Labute approximate surface area is 171 Å². The number of halogens is 3. The van der Waals surface area contributed by atoms with Gasteiger partial charge in [-0.1, -0.05) is 11.6 Å². The molecule has 26 heavy (non-hydrogen) atoms. The first-order valence-electron chi connectivity index (χ1n) is 8.48. The SMILES string of the molecule is [2H]C1[C@]([2H])(C(=O)Nc2ccc(F)c(Cl)c2)N(C)S(=O)(=O)N[C@]1([2H])c1ncc(Br)s1. The number of thiazole rings is 1. The van der Waals surface area contributed by atoms with Gasteiger partial charge in [-0.3, -0.25) is 4.79 Å². The molecule has 12 heteroatoms. The first-order chi connectivity index (χ1) is 13.3. The summed E-state index contributed by atoms with van der Waals surface area (Å²) >= 11 is 9.73. The minimum absolute atomic E-state index is 0.00266. The van der Waals surface area contributed by atoms with Crippen LogP contribution in [0.5, 0.6) is 0 Å². The van der Waals surface area contributed by atoms with Crippen LogP contribution in [-0.4, -0.2) is 36.7 Å². The van der Waals surface area contributed by atoms with Gasteiger partial charge in [0.25, 0.3) is 10.2 Å². The van der Waals surface area contributed by atoms with Crippen LogP contribution in [0.2, 0.25) is 5.02 Å². The lowest BCUT2D eigenvalue weighted by Gasteiger charge is -2.35. The third kappa shape index (κ3) is 4.07. The number of likely N-dealkylation sites (N-methyl/N-ethyl adjacent to an activating group) is 1. The molecule has 0 spiro atoms. The first kappa shape index (κ1) is 15.9. The largest absolute Gasteiger partial charge is 0.325 e. The average molecular weight is 487 g/mol. The molecule has 1 fully saturated rings. The highest BCUT2D eigenvalue weighted by Crippen LogP contribution is 2.32. The summed E-state index contributed by atoms with van der Waals surface area (Å²) in [5.74, 6) is -1.94. The summed E-state index contributed by atoms with van der Waals surface area (Å²) < 4.78 is 67.0. The summed E-state index contributed by atoms with van der Waals surface area (Å²) in [6.45, 7) is 0. The Morgan fingerprint density at radius 1 is 1.65 bits per heavy atom. The molecule has 1 unspecified atom stereocenters. The Morgan fingerprint density at radius 3 is 3.00 bits per heavy atom. The Balaban J connectivity index is 2.06. The minimum Gasteiger partial charge on any atom is -0.325 e. The van der Waals surface area contributed by atoms with Crippen LogP contribution in [0.15, 0.2) is 28.2 Å². The quantitative estimate of drug-likeness (QED) is 0.698. The molecule has 0 radical (unpaired) electrons. The van der Waals surface area contributed by atoms with Crippen LogP contribution in [0.4, 0.5) is 10.1 Å². The van der Waals surface area contributed by atoms with Crippen LogP contribution >= 0.6 is 38.9 Å². The van der Waals surface area contributed by atoms with Gasteiger partial charge in [0, 0.05) is 14.1 Å². The number of carbonyl (C=O) groups excluding carboxylic acids is 1. The van der Waals surface area contributed by atoms with E-state index in [2.05, 4.69) is 26.2 Å². The number of hydrogen-bond acceptors (Lipinski definition) is 5. The Hall–Kier alpha value is -1.11. The highest BCUT2D eigenvalue weighted by Gasteiger charge is 2.41. The highest BCUT2D eigenvalue weighted by atomic mass is 79.9. The molecular weight excluding hydrogens is 471 g/mol. The Kier molecular flexibility index (Phi) is 4.58. The summed E-state index contributed by atoms with van der Waals surface area (Å²) in [7, 11) is -3.56. The molecule has 2 N–H and O–H groups in total. The molecule has 3 rings (SSSR count). The van der Waals surface area contributed by atoms with Gasteiger partial charge in [-0.25, -0.2) is 9.37 Å². The number of aromatic nitrogens is 1. The van der Waals surface area contributed by atoms with Crippen molar-refractivity contribution >= 4 is 60.7 Å². The first-order valence-corrected chi connectivity index (χ1v) is 10.3. The van der Waals surface area contributed by atoms with Gasteiger partial charge in [0.1, 0.15) is 16.8 Å². The topological polar surface area (TPSA) is 91.4 Å². The van der Waals surface area contributed by atoms with Crippen molar-refractivity contribution in [2.75, 3.05) is 12.4 Å². The minimum atomic E-state index is -4.51. The maximum atomic E-state index is 13.3. The normalized spacial score (nSPS) is 33.1. The van der Waals surface area contributed by atoms with Gasteiger partial charge < -0.3 is 5.32 Å². The smallest absolute Gasteiger partial charge is 0.280 e. The number of anilines is 1. The molecular formula is C14H13BrClFN4O3S2. The number of carbonyl (C=O) groups is 1. The van der Waals surface area contributed by atoms with Gasteiger partial charge in [-0.05, 0) is 40.5 Å². The van der Waals surface area contributed by atoms with E-state index in [1.54, 1.807) is 0 Å². The molecule has 1 aliphatic heterocycles. The molecule has 140 valence electrons. The molecule has 1 aromatic heterocycles. The summed E-state index contributed by atoms with van der Waals surface area (Å²) in [6, 6.07) is -1.91. The molecule has 1 amide bonds. The number of nitrogens with zero attached hydrogens (tertiary/aromatic N) is 2. The predicted molar refractivity (Wildman–Crippen MR) is 101 cm³/mol. The summed E-state index contributed by atoms with van der Waals surface area (Å²) in [4.78, 5) is 16.8. The van der Waals surface area contributed by atoms with E-state index in [4.69, 9.17) is 15.7 Å². The molecule has 0 saturated carbocycles. The van der Waals surface area contributed by atoms with Crippen molar-refractivity contribution < 1.29 is 21.7 Å². The Bertz CT molecular complexity index is 1090. The van der Waals surface area contributed by atoms with Crippen LogP contribution in [0.3, 0.4) is 0 Å². The number of benzene rings is 1. The standard InChI is InChI=1S/C14H13BrClFN4O3S2/c1-21-11(13(22)19-7-2-3-9(17)8(16)4-7)5-10(20-26(21,23)24)14-18-6-12(15)25-14/h2-4,6,10-11,20H,5H2,1H3,(H,19,22)/t10-,11+/m0/s1/i5D,10D,11D/t5?,10-,11+. The molecule has 2 heterocycles. The second-order valence-electron chi connectivity index (χ2n) is 5.07. The van der Waals surface area contributed by atoms with E-state index in [-0.39, 0.29) is 15.7 Å². The van der Waals surface area contributed by atoms with Crippen molar-refractivity contribution in [1.82, 2.24) is 14.0 Å². The summed E-state index contributed by atoms with van der Waals surface area (Å²) in [6.07, 6.45) is -0.625. The molecule has 0 bridgehead atoms. The summed E-state index contributed by atoms with van der Waals surface area (Å²) in [5, 5.41) is 1.86. The lowest BCUT2D eigenvalue weighted by atomic mass is 10.1. The fourth-order valence-corrected chi connectivity index (χ4v) is 4.44. The molecule has 1 saturated heterocycles. The van der Waals surface area contributed by atoms with Crippen LogP contribution in [-0.2, 0) is 15.0 Å². The van der Waals surface area contributed by atoms with E-state index in [0.717, 1.165) is 30.5 Å². The maximum absolute atomic E-state index is 13.3. The van der Waals surface area contributed by atoms with E-state index in [1.165, 1.54) is 12.3 Å². The van der Waals surface area contributed by atoms with Crippen molar-refractivity contribution in [3.8, 4) is 0 Å². The number of amides is 1. The molecule has 3 atom stereocenters. The number of rotatable bonds is 3. The lowest BCUT2D eigenvalue weighted by molar-refractivity contribution is -0.120. The van der Waals surface area contributed by atoms with Gasteiger partial charge in [0.2, 0.25) is 5.91 Å². The van der Waals surface area contributed by atoms with Gasteiger partial charge in [0.15, 0.2) is 0 Å². The highest BCUT2D eigenvalue weighted by molar-refractivity contribution is 9.11. The van der Waals surface area contributed by atoms with E-state index in [9.17, 15) is 17.6 Å². The van der Waals surface area contributed by atoms with E-state index in [1.807, 2.05) is 4.72 Å². The molecule has 0 aliphatic carbocycles. The van der Waals surface area contributed by atoms with E-state index >= 15 is 0 Å². The predicted octanol–water partition coefficient (Wildman–Crippen LogP) is 2.92. The van der Waals surface area contributed by atoms with Gasteiger partial charge >= 0.3 is 0 Å². The van der Waals surface area contributed by atoms with E-state index < -0.39 is 40.4 Å². The second-order valence-corrected chi connectivity index (χ2v) is 9.59. The fourth-order valence-electron chi connectivity index (χ4n) is 2.06. The van der Waals surface area contributed by atoms with Crippen LogP contribution in [0, 0.1) is 5.82 Å². The van der Waals surface area contributed by atoms with Crippen LogP contribution < -0.4 is 10.0 Å². The third-order valence-electron chi connectivity index (χ3n) is 3.34. The maximum Gasteiger partial charge on any atom is 0.280 e. The van der Waals surface area contributed by atoms with Crippen molar-refractivity contribution in [2.24, 2.45) is 0 Å². The lowest BCUT2D eigenvalue weighted by Crippen LogP contribution is -2.55. The molecule has 1 aromatic carbocycles. The van der Waals surface area contributed by atoms with Crippen LogP contribution in [0.1, 0.15) is 21.5 Å². The van der Waals surface area contributed by atoms with Gasteiger partial charge in [0.05, 0.1) is 23.8 Å². The number of hydrogen-bond donors (Lipinski definition) is 2. The van der Waals surface area contributed by atoms with Crippen molar-refractivity contribution in [1.29, 1.82) is 0 Å². The zero-order valence-corrected chi connectivity index (χ0v) is 16.9. The zero-order valence-electron chi connectivity index (χ0n) is 16.0. The summed E-state index contributed by atoms with van der Waals surface area (Å²) in [5.41, 5.74) is -0.00266. The zero-order chi connectivity index (χ0) is 21.8. The van der Waals surface area contributed by atoms with E-state index in [0.29, 0.717) is 8.09 Å². The van der Waals surface area contributed by atoms with Gasteiger partial charge in [-0.15, -0.1) is 11.3 Å². The molecule has 7 nitrogen and oxygen atoms in total. The van der Waals surface area contributed by atoms with Crippen molar-refractivity contribution in [2.45, 2.75) is 18.4 Å². The van der Waals surface area contributed by atoms with Gasteiger partial charge in [-0.2, -0.15) is 17.4 Å². The number of nitrogens with one attached hydrogen (secondary N) is 2. The third-order valence-corrected chi connectivity index (χ3v) is 6.53. The molecule has 2 aromatic rings. The molecule has 1 aliphatic rings. The fraction of sp³-hybridized carbons (Fsp3) is 0.286. The van der Waals surface area contributed by atoms with Crippen molar-refractivity contribution in [3.05, 3.63) is 44.0 Å². The van der Waals surface area contributed by atoms with Crippen LogP contribution in [0.25, 0.3) is 0 Å². The average Bonchev–Trinajstić information content (AvgIpc) is 3.08. The Morgan fingerprint density at radius 2 is 2.38 bits per heavy atom.